The van der Waals surface area contributed by atoms with Crippen molar-refractivity contribution in [3.8, 4) is 0 Å². The number of nitrogens with zero attached hydrogens (tertiary/aromatic N) is 1. The molecule has 2 nitrogen and oxygen atoms in total. The number of hydrogen-bond acceptors (Lipinski definition) is 2. The first-order chi connectivity index (χ1) is 6.69. The van der Waals surface area contributed by atoms with Crippen LogP contribution in [0.4, 0.5) is 5.69 Å². The van der Waals surface area contributed by atoms with E-state index in [1.807, 2.05) is 0 Å². The molecule has 0 saturated carbocycles. The summed E-state index contributed by atoms with van der Waals surface area (Å²) in [6, 6.07) is 6.61. The molecule has 1 aliphatic heterocycles. The second-order valence-corrected chi connectivity index (χ2v) is 4.39. The first kappa shape index (κ1) is 9.53. The Balaban J connectivity index is 2.21. The molecule has 0 spiro atoms. The van der Waals surface area contributed by atoms with Gasteiger partial charge in [-0.2, -0.15) is 0 Å². The molecule has 76 valence electrons. The Morgan fingerprint density at radius 1 is 1.36 bits per heavy atom. The van der Waals surface area contributed by atoms with Crippen molar-refractivity contribution in [3.05, 3.63) is 29.3 Å². The molecule has 0 bridgehead atoms. The summed E-state index contributed by atoms with van der Waals surface area (Å²) in [5.74, 6) is 0.844. The smallest absolute Gasteiger partial charge is 0.0372 e. The molecule has 1 aromatic rings. The van der Waals surface area contributed by atoms with Crippen molar-refractivity contribution in [1.29, 1.82) is 0 Å². The van der Waals surface area contributed by atoms with E-state index < -0.39 is 0 Å². The minimum Gasteiger partial charge on any atom is -0.371 e. The van der Waals surface area contributed by atoms with Crippen LogP contribution < -0.4 is 10.6 Å². The van der Waals surface area contributed by atoms with Gasteiger partial charge in [0, 0.05) is 25.3 Å². The highest BCUT2D eigenvalue weighted by Gasteiger charge is 2.22. The Labute approximate surface area is 85.7 Å². The molecular formula is C12H18N2. The summed E-state index contributed by atoms with van der Waals surface area (Å²) in [6.45, 7) is 7.43. The zero-order valence-electron chi connectivity index (χ0n) is 8.96. The van der Waals surface area contributed by atoms with Gasteiger partial charge >= 0.3 is 0 Å². The summed E-state index contributed by atoms with van der Waals surface area (Å²) < 4.78 is 0. The summed E-state index contributed by atoms with van der Waals surface area (Å²) in [6.07, 6.45) is 0. The van der Waals surface area contributed by atoms with Crippen LogP contribution in [0.25, 0.3) is 0 Å². The van der Waals surface area contributed by atoms with E-state index in [0.717, 1.165) is 5.92 Å². The number of benzene rings is 1. The third-order valence-corrected chi connectivity index (χ3v) is 2.79. The number of hydrogen-bond donors (Lipinski definition) is 1. The maximum absolute atomic E-state index is 5.66. The Bertz CT molecular complexity index is 327. The van der Waals surface area contributed by atoms with E-state index in [9.17, 15) is 0 Å². The Kier molecular flexibility index (Phi) is 2.46. The van der Waals surface area contributed by atoms with E-state index in [-0.39, 0.29) is 0 Å². The van der Waals surface area contributed by atoms with Crippen molar-refractivity contribution >= 4 is 5.69 Å². The van der Waals surface area contributed by atoms with Crippen LogP contribution in [0.3, 0.4) is 0 Å². The molecule has 0 aromatic heterocycles. The monoisotopic (exact) mass is 190 g/mol. The topological polar surface area (TPSA) is 29.3 Å². The zero-order chi connectivity index (χ0) is 10.1. The van der Waals surface area contributed by atoms with Gasteiger partial charge < -0.3 is 10.6 Å². The van der Waals surface area contributed by atoms with Gasteiger partial charge in [-0.05, 0) is 36.1 Å². The largest absolute Gasteiger partial charge is 0.371 e. The summed E-state index contributed by atoms with van der Waals surface area (Å²) >= 11 is 0. The molecule has 2 N–H and O–H groups in total. The summed E-state index contributed by atoms with van der Waals surface area (Å²) in [5.41, 5.74) is 9.54. The SMILES string of the molecule is Cc1cc(CN)cc(N2CC(C)C2)c1. The normalized spacial score (nSPS) is 16.9. The first-order valence-corrected chi connectivity index (χ1v) is 5.24. The van der Waals surface area contributed by atoms with Crippen LogP contribution in [-0.4, -0.2) is 13.1 Å². The van der Waals surface area contributed by atoms with Crippen LogP contribution in [0.2, 0.25) is 0 Å². The average molecular weight is 190 g/mol. The lowest BCUT2D eigenvalue weighted by Gasteiger charge is -2.39. The van der Waals surface area contributed by atoms with Gasteiger partial charge in [-0.3, -0.25) is 0 Å². The van der Waals surface area contributed by atoms with Gasteiger partial charge in [0.1, 0.15) is 0 Å². The van der Waals surface area contributed by atoms with E-state index in [2.05, 4.69) is 36.9 Å². The fraction of sp³-hybridized carbons (Fsp3) is 0.500. The second kappa shape index (κ2) is 3.62. The number of aryl methyl sites for hydroxylation is 1. The summed E-state index contributed by atoms with van der Waals surface area (Å²) in [4.78, 5) is 2.41. The average Bonchev–Trinajstić information content (AvgIpc) is 2.12. The predicted molar refractivity (Wildman–Crippen MR) is 60.4 cm³/mol. The van der Waals surface area contributed by atoms with Gasteiger partial charge in [0.25, 0.3) is 0 Å². The minimum absolute atomic E-state index is 0.637. The fourth-order valence-electron chi connectivity index (χ4n) is 2.05. The third-order valence-electron chi connectivity index (χ3n) is 2.79. The quantitative estimate of drug-likeness (QED) is 0.772. The molecule has 0 amide bonds. The van der Waals surface area contributed by atoms with Gasteiger partial charge in [-0.25, -0.2) is 0 Å². The highest BCUT2D eigenvalue weighted by Crippen LogP contribution is 2.26. The number of rotatable bonds is 2. The van der Waals surface area contributed by atoms with Gasteiger partial charge in [0.15, 0.2) is 0 Å². The molecule has 1 heterocycles. The lowest BCUT2D eigenvalue weighted by atomic mass is 10.0. The lowest BCUT2D eigenvalue weighted by Crippen LogP contribution is -2.45. The molecule has 0 radical (unpaired) electrons. The van der Waals surface area contributed by atoms with Crippen molar-refractivity contribution in [3.63, 3.8) is 0 Å². The summed E-state index contributed by atoms with van der Waals surface area (Å²) in [7, 11) is 0. The van der Waals surface area contributed by atoms with E-state index in [1.54, 1.807) is 0 Å². The molecule has 0 atom stereocenters. The van der Waals surface area contributed by atoms with Crippen LogP contribution >= 0.6 is 0 Å². The lowest BCUT2D eigenvalue weighted by molar-refractivity contribution is 0.447. The van der Waals surface area contributed by atoms with Crippen LogP contribution in [0.15, 0.2) is 18.2 Å². The Hall–Kier alpha value is -1.02. The molecule has 0 aliphatic carbocycles. The predicted octanol–water partition coefficient (Wildman–Crippen LogP) is 1.91. The maximum atomic E-state index is 5.66. The molecular weight excluding hydrogens is 172 g/mol. The van der Waals surface area contributed by atoms with Crippen molar-refractivity contribution < 1.29 is 0 Å². The van der Waals surface area contributed by atoms with E-state index in [1.165, 1.54) is 29.9 Å². The molecule has 14 heavy (non-hydrogen) atoms. The molecule has 2 heteroatoms. The van der Waals surface area contributed by atoms with Crippen LogP contribution in [-0.2, 0) is 6.54 Å². The number of anilines is 1. The van der Waals surface area contributed by atoms with Crippen molar-refractivity contribution in [2.75, 3.05) is 18.0 Å². The van der Waals surface area contributed by atoms with E-state index in [0.29, 0.717) is 6.54 Å². The van der Waals surface area contributed by atoms with Gasteiger partial charge in [-0.15, -0.1) is 0 Å². The van der Waals surface area contributed by atoms with Crippen LogP contribution in [0.1, 0.15) is 18.1 Å². The zero-order valence-corrected chi connectivity index (χ0v) is 8.96. The molecule has 2 rings (SSSR count). The Morgan fingerprint density at radius 3 is 2.64 bits per heavy atom. The third kappa shape index (κ3) is 1.75. The molecule has 0 unspecified atom stereocenters. The maximum Gasteiger partial charge on any atom is 0.0372 e. The second-order valence-electron chi connectivity index (χ2n) is 4.39. The van der Waals surface area contributed by atoms with E-state index in [4.69, 9.17) is 5.73 Å². The highest BCUT2D eigenvalue weighted by molar-refractivity contribution is 5.53. The highest BCUT2D eigenvalue weighted by atomic mass is 15.2. The molecule has 1 fully saturated rings. The molecule has 1 aromatic carbocycles. The number of nitrogens with two attached hydrogens (primary N) is 1. The van der Waals surface area contributed by atoms with Crippen molar-refractivity contribution in [2.24, 2.45) is 11.7 Å². The van der Waals surface area contributed by atoms with Crippen LogP contribution in [0.5, 0.6) is 0 Å². The molecule has 1 aliphatic rings. The minimum atomic E-state index is 0.637. The van der Waals surface area contributed by atoms with Gasteiger partial charge in [0.2, 0.25) is 0 Å². The summed E-state index contributed by atoms with van der Waals surface area (Å²) in [5, 5.41) is 0. The van der Waals surface area contributed by atoms with Crippen molar-refractivity contribution in [2.45, 2.75) is 20.4 Å². The fourth-order valence-corrected chi connectivity index (χ4v) is 2.05. The van der Waals surface area contributed by atoms with Gasteiger partial charge in [0.05, 0.1) is 0 Å². The molecule has 1 saturated heterocycles. The first-order valence-electron chi connectivity index (χ1n) is 5.24. The van der Waals surface area contributed by atoms with Crippen molar-refractivity contribution in [1.82, 2.24) is 0 Å². The standard InChI is InChI=1S/C12H18N2/c1-9-3-11(6-13)5-12(4-9)14-7-10(2)8-14/h3-5,10H,6-8,13H2,1-2H3. The van der Waals surface area contributed by atoms with Crippen LogP contribution in [0, 0.1) is 12.8 Å². The Morgan fingerprint density at radius 2 is 2.07 bits per heavy atom. The van der Waals surface area contributed by atoms with Gasteiger partial charge in [-0.1, -0.05) is 13.0 Å². The van der Waals surface area contributed by atoms with E-state index >= 15 is 0 Å².